The molecule has 0 spiro atoms. The highest BCUT2D eigenvalue weighted by atomic mass is 16.5. The molecule has 0 aliphatic heterocycles. The van der Waals surface area contributed by atoms with Crippen molar-refractivity contribution in [3.63, 3.8) is 0 Å². The van der Waals surface area contributed by atoms with E-state index in [0.717, 1.165) is 17.9 Å². The molecule has 3 heteroatoms. The van der Waals surface area contributed by atoms with E-state index in [9.17, 15) is 0 Å². The summed E-state index contributed by atoms with van der Waals surface area (Å²) in [7, 11) is 0. The molecule has 21 heavy (non-hydrogen) atoms. The minimum Gasteiger partial charge on any atom is -0.438 e. The number of aryl methyl sites for hydroxylation is 2. The Labute approximate surface area is 127 Å². The van der Waals surface area contributed by atoms with Crippen LogP contribution in [0.1, 0.15) is 42.1 Å². The standard InChI is InChI=1S/C18H24N2O/c1-6-19-15(5)16-9-10-20-17(11-16)21-18-13(3)8-7-12(2)14(18)4/h7-11,15,19H,6H2,1-5H3. The second kappa shape index (κ2) is 6.72. The quantitative estimate of drug-likeness (QED) is 0.879. The number of benzene rings is 1. The molecule has 0 aliphatic carbocycles. The van der Waals surface area contributed by atoms with E-state index in [4.69, 9.17) is 4.74 Å². The van der Waals surface area contributed by atoms with Gasteiger partial charge in [-0.25, -0.2) is 4.98 Å². The van der Waals surface area contributed by atoms with Crippen molar-refractivity contribution in [1.82, 2.24) is 10.3 Å². The zero-order valence-electron chi connectivity index (χ0n) is 13.5. The molecular weight excluding hydrogens is 260 g/mol. The molecule has 1 heterocycles. The molecule has 0 aliphatic rings. The number of rotatable bonds is 5. The zero-order valence-corrected chi connectivity index (χ0v) is 13.5. The van der Waals surface area contributed by atoms with Crippen LogP contribution < -0.4 is 10.1 Å². The lowest BCUT2D eigenvalue weighted by atomic mass is 10.1. The van der Waals surface area contributed by atoms with E-state index in [-0.39, 0.29) is 0 Å². The first kappa shape index (κ1) is 15.5. The largest absolute Gasteiger partial charge is 0.438 e. The number of aromatic nitrogens is 1. The number of nitrogens with one attached hydrogen (secondary N) is 1. The van der Waals surface area contributed by atoms with Gasteiger partial charge in [0.2, 0.25) is 5.88 Å². The van der Waals surface area contributed by atoms with Crippen LogP contribution in [0, 0.1) is 20.8 Å². The maximum absolute atomic E-state index is 6.05. The van der Waals surface area contributed by atoms with Crippen LogP contribution >= 0.6 is 0 Å². The van der Waals surface area contributed by atoms with Crippen LogP contribution in [0.15, 0.2) is 30.5 Å². The fraction of sp³-hybridized carbons (Fsp3) is 0.389. The molecule has 1 aromatic heterocycles. The van der Waals surface area contributed by atoms with Gasteiger partial charge in [0.1, 0.15) is 5.75 Å². The third-order valence-electron chi connectivity index (χ3n) is 3.85. The lowest BCUT2D eigenvalue weighted by Gasteiger charge is -2.16. The van der Waals surface area contributed by atoms with E-state index in [1.165, 1.54) is 16.7 Å². The predicted octanol–water partition coefficient (Wildman–Crippen LogP) is 4.47. The minimum atomic E-state index is 0.292. The lowest BCUT2D eigenvalue weighted by molar-refractivity contribution is 0.453. The Morgan fingerprint density at radius 3 is 2.57 bits per heavy atom. The SMILES string of the molecule is CCNC(C)c1ccnc(Oc2c(C)ccc(C)c2C)c1. The van der Waals surface area contributed by atoms with Gasteiger partial charge in [-0.05, 0) is 62.6 Å². The van der Waals surface area contributed by atoms with Crippen LogP contribution in [0.3, 0.4) is 0 Å². The molecule has 2 aromatic rings. The van der Waals surface area contributed by atoms with Crippen molar-refractivity contribution in [2.24, 2.45) is 0 Å². The van der Waals surface area contributed by atoms with Crippen LogP contribution in [0.2, 0.25) is 0 Å². The summed E-state index contributed by atoms with van der Waals surface area (Å²) in [5, 5.41) is 3.40. The van der Waals surface area contributed by atoms with E-state index in [0.29, 0.717) is 11.9 Å². The molecule has 0 bridgehead atoms. The molecule has 0 amide bonds. The fourth-order valence-electron chi connectivity index (χ4n) is 2.36. The maximum atomic E-state index is 6.05. The predicted molar refractivity (Wildman–Crippen MR) is 87.1 cm³/mol. The molecule has 1 aromatic carbocycles. The smallest absolute Gasteiger partial charge is 0.219 e. The minimum absolute atomic E-state index is 0.292. The van der Waals surface area contributed by atoms with Gasteiger partial charge < -0.3 is 10.1 Å². The number of hydrogen-bond acceptors (Lipinski definition) is 3. The van der Waals surface area contributed by atoms with Crippen LogP contribution in [0.25, 0.3) is 0 Å². The normalized spacial score (nSPS) is 12.2. The molecular formula is C18H24N2O. The van der Waals surface area contributed by atoms with Crippen molar-refractivity contribution in [3.05, 3.63) is 52.7 Å². The molecule has 1 atom stereocenters. The van der Waals surface area contributed by atoms with Gasteiger partial charge in [0, 0.05) is 18.3 Å². The molecule has 3 nitrogen and oxygen atoms in total. The molecule has 0 saturated carbocycles. The van der Waals surface area contributed by atoms with Crippen molar-refractivity contribution >= 4 is 0 Å². The summed E-state index contributed by atoms with van der Waals surface area (Å²) in [6, 6.07) is 8.53. The van der Waals surface area contributed by atoms with Crippen LogP contribution in [0.4, 0.5) is 0 Å². The molecule has 112 valence electrons. The summed E-state index contributed by atoms with van der Waals surface area (Å²) in [6.07, 6.45) is 1.80. The highest BCUT2D eigenvalue weighted by Crippen LogP contribution is 2.30. The van der Waals surface area contributed by atoms with Gasteiger partial charge in [0.05, 0.1) is 0 Å². The van der Waals surface area contributed by atoms with Gasteiger partial charge in [0.15, 0.2) is 0 Å². The number of nitrogens with zero attached hydrogens (tertiary/aromatic N) is 1. The Bertz CT molecular complexity index is 623. The van der Waals surface area contributed by atoms with E-state index in [2.05, 4.69) is 57.1 Å². The maximum Gasteiger partial charge on any atom is 0.219 e. The first-order valence-corrected chi connectivity index (χ1v) is 7.47. The van der Waals surface area contributed by atoms with Gasteiger partial charge in [-0.2, -0.15) is 0 Å². The molecule has 1 N–H and O–H groups in total. The molecule has 2 rings (SSSR count). The average Bonchev–Trinajstić information content (AvgIpc) is 2.48. The average molecular weight is 284 g/mol. The van der Waals surface area contributed by atoms with Crippen LogP contribution in [0.5, 0.6) is 11.6 Å². The van der Waals surface area contributed by atoms with Crippen LogP contribution in [-0.4, -0.2) is 11.5 Å². The van der Waals surface area contributed by atoms with Crippen molar-refractivity contribution in [2.75, 3.05) is 6.54 Å². The number of pyridine rings is 1. The van der Waals surface area contributed by atoms with Crippen molar-refractivity contribution in [2.45, 2.75) is 40.7 Å². The van der Waals surface area contributed by atoms with E-state index in [1.54, 1.807) is 6.20 Å². The summed E-state index contributed by atoms with van der Waals surface area (Å²) in [6.45, 7) is 11.4. The Hall–Kier alpha value is -1.87. The fourth-order valence-corrected chi connectivity index (χ4v) is 2.36. The Balaban J connectivity index is 2.28. The highest BCUT2D eigenvalue weighted by molar-refractivity contribution is 5.46. The number of hydrogen-bond donors (Lipinski definition) is 1. The molecule has 0 saturated heterocycles. The highest BCUT2D eigenvalue weighted by Gasteiger charge is 2.10. The van der Waals surface area contributed by atoms with Gasteiger partial charge in [-0.1, -0.05) is 19.1 Å². The summed E-state index contributed by atoms with van der Waals surface area (Å²) < 4.78 is 6.05. The van der Waals surface area contributed by atoms with Crippen molar-refractivity contribution < 1.29 is 4.74 Å². The third kappa shape index (κ3) is 3.61. The van der Waals surface area contributed by atoms with E-state index >= 15 is 0 Å². The first-order chi connectivity index (χ1) is 10.0. The van der Waals surface area contributed by atoms with Gasteiger partial charge >= 0.3 is 0 Å². The third-order valence-corrected chi connectivity index (χ3v) is 3.85. The Morgan fingerprint density at radius 2 is 1.86 bits per heavy atom. The lowest BCUT2D eigenvalue weighted by Crippen LogP contribution is -2.17. The monoisotopic (exact) mass is 284 g/mol. The Morgan fingerprint density at radius 1 is 1.14 bits per heavy atom. The summed E-state index contributed by atoms with van der Waals surface area (Å²) in [5.41, 5.74) is 4.71. The summed E-state index contributed by atoms with van der Waals surface area (Å²) in [4.78, 5) is 4.34. The van der Waals surface area contributed by atoms with Gasteiger partial charge in [-0.3, -0.25) is 0 Å². The molecule has 0 radical (unpaired) electrons. The Kier molecular flexibility index (Phi) is 4.97. The second-order valence-corrected chi connectivity index (χ2v) is 5.46. The second-order valence-electron chi connectivity index (χ2n) is 5.46. The van der Waals surface area contributed by atoms with Crippen molar-refractivity contribution in [1.29, 1.82) is 0 Å². The van der Waals surface area contributed by atoms with Crippen molar-refractivity contribution in [3.8, 4) is 11.6 Å². The molecule has 1 unspecified atom stereocenters. The summed E-state index contributed by atoms with van der Waals surface area (Å²) >= 11 is 0. The van der Waals surface area contributed by atoms with E-state index < -0.39 is 0 Å². The number of ether oxygens (including phenoxy) is 1. The molecule has 0 fully saturated rings. The summed E-state index contributed by atoms with van der Waals surface area (Å²) in [5.74, 6) is 1.56. The van der Waals surface area contributed by atoms with Gasteiger partial charge in [-0.15, -0.1) is 0 Å². The zero-order chi connectivity index (χ0) is 15.4. The van der Waals surface area contributed by atoms with Crippen LogP contribution in [-0.2, 0) is 0 Å². The first-order valence-electron chi connectivity index (χ1n) is 7.47. The van der Waals surface area contributed by atoms with E-state index in [1.807, 2.05) is 12.1 Å². The van der Waals surface area contributed by atoms with Gasteiger partial charge in [0.25, 0.3) is 0 Å². The topological polar surface area (TPSA) is 34.2 Å².